The van der Waals surface area contributed by atoms with Crippen molar-refractivity contribution in [1.29, 1.82) is 0 Å². The zero-order valence-electron chi connectivity index (χ0n) is 17.3. The molecule has 4 heterocycles. The minimum Gasteiger partial charge on any atom is -0.353 e. The number of halogens is 1. The predicted octanol–water partition coefficient (Wildman–Crippen LogP) is 3.84. The molecule has 0 spiro atoms. The molecule has 1 atom stereocenters. The van der Waals surface area contributed by atoms with Gasteiger partial charge >= 0.3 is 0 Å². The third kappa shape index (κ3) is 2.06. The van der Waals surface area contributed by atoms with Crippen molar-refractivity contribution in [1.82, 2.24) is 20.2 Å². The molecule has 6 nitrogen and oxygen atoms in total. The van der Waals surface area contributed by atoms with Gasteiger partial charge in [0.15, 0.2) is 0 Å². The van der Waals surface area contributed by atoms with Gasteiger partial charge < -0.3 is 14.9 Å². The average molecular weight is 426 g/mol. The van der Waals surface area contributed by atoms with E-state index in [-0.39, 0.29) is 11.7 Å². The Morgan fingerprint density at radius 1 is 1.06 bits per heavy atom. The number of nitrogens with one attached hydrogen (secondary N) is 3. The summed E-state index contributed by atoms with van der Waals surface area (Å²) in [5, 5.41) is 8.99. The number of rotatable bonds is 2. The fourth-order valence-corrected chi connectivity index (χ4v) is 5.94. The number of carbonyl (C=O) groups is 2. The highest BCUT2D eigenvalue weighted by Gasteiger charge is 2.37. The van der Waals surface area contributed by atoms with E-state index in [4.69, 9.17) is 0 Å². The molecule has 2 aliphatic heterocycles. The fraction of sp³-hybridized carbons (Fsp3) is 0.200. The second-order valence-electron chi connectivity index (χ2n) is 8.87. The summed E-state index contributed by atoms with van der Waals surface area (Å²) in [5.41, 5.74) is 5.45. The van der Waals surface area contributed by atoms with Crippen LogP contribution in [0.1, 0.15) is 26.3 Å². The van der Waals surface area contributed by atoms with Gasteiger partial charge in [0.1, 0.15) is 5.82 Å². The summed E-state index contributed by atoms with van der Waals surface area (Å²) in [6, 6.07) is 10.7. The number of hydrogen-bond acceptors (Lipinski definition) is 3. The molecule has 0 fully saturated rings. The van der Waals surface area contributed by atoms with E-state index in [0.717, 1.165) is 52.2 Å². The van der Waals surface area contributed by atoms with Crippen LogP contribution in [0.5, 0.6) is 0 Å². The number of fused-ring (bicyclic) bond motifs is 10. The van der Waals surface area contributed by atoms with E-state index in [1.54, 1.807) is 6.07 Å². The van der Waals surface area contributed by atoms with Gasteiger partial charge in [-0.05, 0) is 49.7 Å². The summed E-state index contributed by atoms with van der Waals surface area (Å²) in [6.07, 6.45) is 0.947. The van der Waals surface area contributed by atoms with Crippen molar-refractivity contribution in [3.05, 3.63) is 58.9 Å². The summed E-state index contributed by atoms with van der Waals surface area (Å²) >= 11 is 0. The Bertz CT molecular complexity index is 1680. The van der Waals surface area contributed by atoms with Crippen molar-refractivity contribution in [3.8, 4) is 0 Å². The van der Waals surface area contributed by atoms with Crippen molar-refractivity contribution < 1.29 is 14.0 Å². The Hall–Kier alpha value is -3.71. The summed E-state index contributed by atoms with van der Waals surface area (Å²) in [5.74, 6) is -0.726. The Kier molecular flexibility index (Phi) is 3.33. The first kappa shape index (κ1) is 17.9. The number of para-hydroxylation sites is 1. The summed E-state index contributed by atoms with van der Waals surface area (Å²) in [7, 11) is 1.96. The zero-order valence-corrected chi connectivity index (χ0v) is 17.3. The highest BCUT2D eigenvalue weighted by molar-refractivity contribution is 6.39. The molecular formula is C25H19FN4O2. The van der Waals surface area contributed by atoms with E-state index >= 15 is 0 Å². The van der Waals surface area contributed by atoms with Gasteiger partial charge in [0.05, 0.1) is 27.7 Å². The van der Waals surface area contributed by atoms with E-state index in [1.807, 2.05) is 19.2 Å². The predicted molar refractivity (Wildman–Crippen MR) is 122 cm³/mol. The molecule has 1 unspecified atom stereocenters. The minimum atomic E-state index is -0.401. The SMILES string of the molecule is CNCC1Cc2cccc3c4c5c(c6c7ccc(F)cc7[nH]c6c4n(c23)C1)C(=O)NC5=O. The molecule has 0 saturated heterocycles. The molecule has 2 aromatic heterocycles. The summed E-state index contributed by atoms with van der Waals surface area (Å²) in [4.78, 5) is 29.4. The topological polar surface area (TPSA) is 78.9 Å². The van der Waals surface area contributed by atoms with E-state index < -0.39 is 5.91 Å². The van der Waals surface area contributed by atoms with Crippen LogP contribution in [-0.2, 0) is 13.0 Å². The lowest BCUT2D eigenvalue weighted by atomic mass is 9.93. The molecule has 3 N–H and O–H groups in total. The first-order valence-corrected chi connectivity index (χ1v) is 10.8. The Morgan fingerprint density at radius 2 is 1.88 bits per heavy atom. The highest BCUT2D eigenvalue weighted by atomic mass is 19.1. The van der Waals surface area contributed by atoms with Crippen molar-refractivity contribution >= 4 is 55.4 Å². The first-order chi connectivity index (χ1) is 15.6. The summed E-state index contributed by atoms with van der Waals surface area (Å²) < 4.78 is 16.3. The number of H-pyrrole nitrogens is 1. The van der Waals surface area contributed by atoms with Gasteiger partial charge in [-0.15, -0.1) is 0 Å². The number of nitrogens with zero attached hydrogens (tertiary/aromatic N) is 1. The maximum absolute atomic E-state index is 14.0. The van der Waals surface area contributed by atoms with Gasteiger partial charge in [0.25, 0.3) is 11.8 Å². The zero-order chi connectivity index (χ0) is 21.7. The molecule has 158 valence electrons. The van der Waals surface area contributed by atoms with Crippen molar-refractivity contribution in [2.24, 2.45) is 5.92 Å². The standard InChI is InChI=1S/C25H19FN4O2/c1-27-9-11-7-12-3-2-4-15-18-20-19(24(31)29-25(20)32)17-14-6-5-13(26)8-16(14)28-21(17)23(18)30(10-11)22(12)15/h2-6,8,11,27-28H,7,9-10H2,1H3,(H,29,31,32). The lowest BCUT2D eigenvalue weighted by Crippen LogP contribution is -2.28. The minimum absolute atomic E-state index is 0.351. The van der Waals surface area contributed by atoms with E-state index in [0.29, 0.717) is 27.9 Å². The van der Waals surface area contributed by atoms with Gasteiger partial charge in [0, 0.05) is 33.6 Å². The largest absolute Gasteiger partial charge is 0.353 e. The Balaban J connectivity index is 1.77. The maximum Gasteiger partial charge on any atom is 0.259 e. The maximum atomic E-state index is 14.0. The van der Waals surface area contributed by atoms with Crippen LogP contribution >= 0.6 is 0 Å². The van der Waals surface area contributed by atoms with E-state index in [1.165, 1.54) is 17.7 Å². The average Bonchev–Trinajstić information content (AvgIpc) is 3.39. The number of amides is 2. The quantitative estimate of drug-likeness (QED) is 0.375. The highest BCUT2D eigenvalue weighted by Crippen LogP contribution is 2.45. The number of hydrogen-bond donors (Lipinski definition) is 3. The number of imide groups is 1. The molecule has 2 aliphatic rings. The van der Waals surface area contributed by atoms with E-state index in [9.17, 15) is 14.0 Å². The van der Waals surface area contributed by atoms with Gasteiger partial charge in [-0.1, -0.05) is 18.2 Å². The van der Waals surface area contributed by atoms with Crippen LogP contribution in [0.2, 0.25) is 0 Å². The monoisotopic (exact) mass is 426 g/mol. The van der Waals surface area contributed by atoms with Crippen LogP contribution in [0.15, 0.2) is 36.4 Å². The normalized spacial score (nSPS) is 17.8. The molecule has 0 bridgehead atoms. The lowest BCUT2D eigenvalue weighted by molar-refractivity contribution is 0.0880. The molecule has 7 heteroatoms. The van der Waals surface area contributed by atoms with Gasteiger partial charge in [-0.25, -0.2) is 4.39 Å². The smallest absolute Gasteiger partial charge is 0.259 e. The van der Waals surface area contributed by atoms with Crippen LogP contribution in [0.3, 0.4) is 0 Å². The first-order valence-electron chi connectivity index (χ1n) is 10.8. The third-order valence-electron chi connectivity index (χ3n) is 7.04. The molecule has 0 aliphatic carbocycles. The van der Waals surface area contributed by atoms with Crippen molar-refractivity contribution in [3.63, 3.8) is 0 Å². The second kappa shape index (κ2) is 5.95. The molecule has 2 amide bonds. The molecule has 5 aromatic rings. The second-order valence-corrected chi connectivity index (χ2v) is 8.87. The van der Waals surface area contributed by atoms with Crippen LogP contribution < -0.4 is 10.6 Å². The number of benzene rings is 3. The molecule has 3 aromatic carbocycles. The molecule has 32 heavy (non-hydrogen) atoms. The van der Waals surface area contributed by atoms with E-state index in [2.05, 4.69) is 26.3 Å². The number of carbonyl (C=O) groups excluding carboxylic acids is 2. The number of aromatic nitrogens is 2. The fourth-order valence-electron chi connectivity index (χ4n) is 5.94. The Morgan fingerprint density at radius 3 is 2.69 bits per heavy atom. The van der Waals surface area contributed by atoms with Crippen LogP contribution in [-0.4, -0.2) is 35.0 Å². The van der Waals surface area contributed by atoms with Gasteiger partial charge in [0.2, 0.25) is 0 Å². The van der Waals surface area contributed by atoms with Crippen molar-refractivity contribution in [2.45, 2.75) is 13.0 Å². The molecule has 0 saturated carbocycles. The lowest BCUT2D eigenvalue weighted by Gasteiger charge is -2.25. The van der Waals surface area contributed by atoms with Crippen LogP contribution in [0.4, 0.5) is 4.39 Å². The summed E-state index contributed by atoms with van der Waals surface area (Å²) in [6.45, 7) is 1.67. The molecule has 7 rings (SSSR count). The molecular weight excluding hydrogens is 407 g/mol. The van der Waals surface area contributed by atoms with Crippen LogP contribution in [0, 0.1) is 11.7 Å². The third-order valence-corrected chi connectivity index (χ3v) is 7.04. The number of aromatic amines is 1. The Labute approximate surface area is 181 Å². The van der Waals surface area contributed by atoms with Crippen LogP contribution in [0.25, 0.3) is 43.6 Å². The van der Waals surface area contributed by atoms with Gasteiger partial charge in [-0.2, -0.15) is 0 Å². The molecule has 0 radical (unpaired) electrons. The van der Waals surface area contributed by atoms with Gasteiger partial charge in [-0.3, -0.25) is 14.9 Å². The van der Waals surface area contributed by atoms with Crippen molar-refractivity contribution in [2.75, 3.05) is 13.6 Å².